The summed E-state index contributed by atoms with van der Waals surface area (Å²) in [6.07, 6.45) is 0.994. The van der Waals surface area contributed by atoms with E-state index in [1.54, 1.807) is 6.92 Å². The third kappa shape index (κ3) is 4.15. The van der Waals surface area contributed by atoms with Crippen LogP contribution in [0.15, 0.2) is 48.5 Å². The van der Waals surface area contributed by atoms with E-state index in [2.05, 4.69) is 17.4 Å². The zero-order chi connectivity index (χ0) is 24.5. The minimum absolute atomic E-state index is 0.0789. The van der Waals surface area contributed by atoms with Gasteiger partial charge in [-0.15, -0.1) is 0 Å². The van der Waals surface area contributed by atoms with Crippen LogP contribution in [-0.2, 0) is 14.3 Å². The van der Waals surface area contributed by atoms with Crippen molar-refractivity contribution in [3.8, 4) is 11.1 Å². The number of carboxylic acid groups (broad SMARTS) is 1. The molecule has 1 fully saturated rings. The van der Waals surface area contributed by atoms with Crippen LogP contribution in [0.25, 0.3) is 11.1 Å². The quantitative estimate of drug-likeness (QED) is 0.633. The Labute approximate surface area is 200 Å². The minimum atomic E-state index is -1.26. The number of hydrogen-bond donors (Lipinski definition) is 2. The van der Waals surface area contributed by atoms with Crippen molar-refractivity contribution in [2.45, 2.75) is 57.5 Å². The SMILES string of the molecule is CC[C@H](C)[C@H](NC(=O)OCC1c2ccccc2-c2ccccc21)C(=O)N1CCC[C@@]1(C)C(=O)O. The molecule has 180 valence electrons. The first-order valence-electron chi connectivity index (χ1n) is 11.9. The number of nitrogens with zero attached hydrogens (tertiary/aromatic N) is 1. The number of carbonyl (C=O) groups excluding carboxylic acids is 2. The van der Waals surface area contributed by atoms with Crippen LogP contribution in [0.3, 0.4) is 0 Å². The highest BCUT2D eigenvalue weighted by Gasteiger charge is 2.48. The number of amides is 2. The molecule has 0 radical (unpaired) electrons. The second-order valence-electron chi connectivity index (χ2n) is 9.51. The van der Waals surface area contributed by atoms with Gasteiger partial charge in [-0.1, -0.05) is 68.8 Å². The van der Waals surface area contributed by atoms with E-state index >= 15 is 0 Å². The molecule has 2 amide bonds. The second-order valence-corrected chi connectivity index (χ2v) is 9.51. The Balaban J connectivity index is 1.47. The standard InChI is InChI=1S/C27H32N2O5/c1-4-17(2)23(24(30)29-15-9-14-27(29,3)25(31)32)28-26(33)34-16-22-20-12-7-5-10-18(20)19-11-6-8-13-21(19)22/h5-8,10-13,17,22-23H,4,9,14-16H2,1-3H3,(H,28,33)(H,31,32)/t17-,23-,27-/m0/s1. The van der Waals surface area contributed by atoms with Crippen molar-refractivity contribution in [1.29, 1.82) is 0 Å². The van der Waals surface area contributed by atoms with E-state index in [-0.39, 0.29) is 24.3 Å². The monoisotopic (exact) mass is 464 g/mol. The topological polar surface area (TPSA) is 95.9 Å². The predicted octanol–water partition coefficient (Wildman–Crippen LogP) is 4.41. The van der Waals surface area contributed by atoms with E-state index in [0.29, 0.717) is 25.8 Å². The fraction of sp³-hybridized carbons (Fsp3) is 0.444. The van der Waals surface area contributed by atoms with E-state index < -0.39 is 23.6 Å². The summed E-state index contributed by atoms with van der Waals surface area (Å²) in [5, 5.41) is 12.5. The maximum atomic E-state index is 13.4. The van der Waals surface area contributed by atoms with Gasteiger partial charge in [-0.2, -0.15) is 0 Å². The second kappa shape index (κ2) is 9.49. The van der Waals surface area contributed by atoms with Crippen LogP contribution >= 0.6 is 0 Å². The Morgan fingerprint density at radius 1 is 1.12 bits per heavy atom. The molecule has 4 rings (SSSR count). The number of carbonyl (C=O) groups is 3. The molecule has 3 atom stereocenters. The Morgan fingerprint density at radius 3 is 2.26 bits per heavy atom. The summed E-state index contributed by atoms with van der Waals surface area (Å²) < 4.78 is 5.64. The average Bonchev–Trinajstić information content (AvgIpc) is 3.39. The number of carboxylic acids is 1. The molecule has 2 aromatic rings. The lowest BCUT2D eigenvalue weighted by atomic mass is 9.94. The number of alkyl carbamates (subject to hydrolysis) is 1. The molecule has 1 saturated heterocycles. The Kier molecular flexibility index (Phi) is 6.64. The van der Waals surface area contributed by atoms with Gasteiger partial charge in [-0.05, 0) is 47.9 Å². The van der Waals surface area contributed by atoms with Crippen molar-refractivity contribution in [2.75, 3.05) is 13.2 Å². The van der Waals surface area contributed by atoms with E-state index in [0.717, 1.165) is 22.3 Å². The summed E-state index contributed by atoms with van der Waals surface area (Å²) in [6.45, 7) is 5.89. The summed E-state index contributed by atoms with van der Waals surface area (Å²) in [4.78, 5) is 39.5. The first-order chi connectivity index (χ1) is 16.3. The zero-order valence-electron chi connectivity index (χ0n) is 19.9. The number of nitrogens with one attached hydrogen (secondary N) is 1. The lowest BCUT2D eigenvalue weighted by molar-refractivity contribution is -0.156. The molecule has 1 aliphatic carbocycles. The molecule has 0 saturated carbocycles. The van der Waals surface area contributed by atoms with Crippen LogP contribution in [0.2, 0.25) is 0 Å². The van der Waals surface area contributed by atoms with Crippen molar-refractivity contribution in [3.05, 3.63) is 59.7 Å². The number of benzene rings is 2. The Morgan fingerprint density at radius 2 is 1.71 bits per heavy atom. The van der Waals surface area contributed by atoms with E-state index in [1.165, 1.54) is 4.90 Å². The summed E-state index contributed by atoms with van der Waals surface area (Å²) in [6, 6.07) is 15.3. The number of ether oxygens (including phenoxy) is 1. The van der Waals surface area contributed by atoms with Gasteiger partial charge in [0, 0.05) is 12.5 Å². The van der Waals surface area contributed by atoms with E-state index in [9.17, 15) is 19.5 Å². The van der Waals surface area contributed by atoms with Crippen molar-refractivity contribution in [1.82, 2.24) is 10.2 Å². The highest BCUT2D eigenvalue weighted by Crippen LogP contribution is 2.44. The molecule has 0 spiro atoms. The van der Waals surface area contributed by atoms with Gasteiger partial charge in [0.2, 0.25) is 5.91 Å². The van der Waals surface area contributed by atoms with E-state index in [1.807, 2.05) is 50.2 Å². The number of hydrogen-bond acceptors (Lipinski definition) is 4. The number of fused-ring (bicyclic) bond motifs is 3. The molecule has 2 aromatic carbocycles. The smallest absolute Gasteiger partial charge is 0.407 e. The molecule has 7 nitrogen and oxygen atoms in total. The number of aliphatic carboxylic acids is 1. The van der Waals surface area contributed by atoms with Crippen LogP contribution in [0.4, 0.5) is 4.79 Å². The molecule has 2 N–H and O–H groups in total. The van der Waals surface area contributed by atoms with Gasteiger partial charge in [-0.3, -0.25) is 4.79 Å². The molecule has 1 aliphatic heterocycles. The lowest BCUT2D eigenvalue weighted by Crippen LogP contribution is -2.58. The van der Waals surface area contributed by atoms with Crippen LogP contribution in [0, 0.1) is 5.92 Å². The fourth-order valence-electron chi connectivity index (χ4n) is 5.16. The molecule has 1 heterocycles. The van der Waals surface area contributed by atoms with Crippen LogP contribution in [0.1, 0.15) is 57.1 Å². The first-order valence-corrected chi connectivity index (χ1v) is 11.9. The van der Waals surface area contributed by atoms with Gasteiger partial charge in [0.1, 0.15) is 18.2 Å². The van der Waals surface area contributed by atoms with Gasteiger partial charge >= 0.3 is 12.1 Å². The van der Waals surface area contributed by atoms with Crippen LogP contribution in [0.5, 0.6) is 0 Å². The fourth-order valence-corrected chi connectivity index (χ4v) is 5.16. The third-order valence-electron chi connectivity index (χ3n) is 7.46. The summed E-state index contributed by atoms with van der Waals surface area (Å²) in [5.41, 5.74) is 3.25. The Bertz CT molecular complexity index is 1050. The van der Waals surface area contributed by atoms with Gasteiger partial charge < -0.3 is 20.1 Å². The molecule has 0 bridgehead atoms. The summed E-state index contributed by atoms with van der Waals surface area (Å²) >= 11 is 0. The highest BCUT2D eigenvalue weighted by molar-refractivity contribution is 5.92. The first kappa shape index (κ1) is 23.8. The maximum absolute atomic E-state index is 13.4. The minimum Gasteiger partial charge on any atom is -0.480 e. The number of likely N-dealkylation sites (tertiary alicyclic amines) is 1. The molecule has 7 heteroatoms. The van der Waals surface area contributed by atoms with Crippen LogP contribution in [-0.4, -0.2) is 52.7 Å². The molecular weight excluding hydrogens is 432 g/mol. The van der Waals surface area contributed by atoms with Crippen molar-refractivity contribution in [2.24, 2.45) is 5.92 Å². The molecule has 0 unspecified atom stereocenters. The summed E-state index contributed by atoms with van der Waals surface area (Å²) in [5.74, 6) is -1.65. The van der Waals surface area contributed by atoms with Gasteiger partial charge in [0.15, 0.2) is 0 Å². The van der Waals surface area contributed by atoms with Crippen LogP contribution < -0.4 is 5.32 Å². The zero-order valence-corrected chi connectivity index (χ0v) is 19.9. The maximum Gasteiger partial charge on any atom is 0.407 e. The largest absolute Gasteiger partial charge is 0.480 e. The third-order valence-corrected chi connectivity index (χ3v) is 7.46. The van der Waals surface area contributed by atoms with Gasteiger partial charge in [-0.25, -0.2) is 9.59 Å². The molecular formula is C27H32N2O5. The Hall–Kier alpha value is -3.35. The summed E-state index contributed by atoms with van der Waals surface area (Å²) in [7, 11) is 0. The van der Waals surface area contributed by atoms with Gasteiger partial charge in [0.25, 0.3) is 0 Å². The average molecular weight is 465 g/mol. The number of rotatable bonds is 7. The normalized spacial score (nSPS) is 20.9. The van der Waals surface area contributed by atoms with Crippen molar-refractivity contribution >= 4 is 18.0 Å². The molecule has 2 aliphatic rings. The van der Waals surface area contributed by atoms with Crippen molar-refractivity contribution in [3.63, 3.8) is 0 Å². The lowest BCUT2D eigenvalue weighted by Gasteiger charge is -2.35. The van der Waals surface area contributed by atoms with Crippen molar-refractivity contribution < 1.29 is 24.2 Å². The molecule has 0 aromatic heterocycles. The van der Waals surface area contributed by atoms with Gasteiger partial charge in [0.05, 0.1) is 0 Å². The predicted molar refractivity (Wildman–Crippen MR) is 128 cm³/mol. The molecule has 34 heavy (non-hydrogen) atoms. The highest BCUT2D eigenvalue weighted by atomic mass is 16.5. The van der Waals surface area contributed by atoms with E-state index in [4.69, 9.17) is 4.74 Å².